The van der Waals surface area contributed by atoms with Crippen LogP contribution in [0, 0.1) is 0 Å². The van der Waals surface area contributed by atoms with Gasteiger partial charge in [0.2, 0.25) is 10.0 Å². The minimum atomic E-state index is -3.23. The van der Waals surface area contributed by atoms with Crippen LogP contribution in [0.4, 0.5) is 0 Å². The third kappa shape index (κ3) is 2.56. The van der Waals surface area contributed by atoms with Gasteiger partial charge in [-0.05, 0) is 19.4 Å². The Kier molecular flexibility index (Phi) is 3.84. The number of piperazine rings is 1. The van der Waals surface area contributed by atoms with Gasteiger partial charge in [-0.15, -0.1) is 0 Å². The van der Waals surface area contributed by atoms with Gasteiger partial charge in [0.1, 0.15) is 0 Å². The Morgan fingerprint density at radius 1 is 1.19 bits per heavy atom. The normalized spacial score (nSPS) is 28.9. The van der Waals surface area contributed by atoms with Crippen molar-refractivity contribution in [3.05, 3.63) is 0 Å². The molecular formula is C10H20N2O3S. The second kappa shape index (κ2) is 5.00. The van der Waals surface area contributed by atoms with Crippen molar-refractivity contribution in [1.82, 2.24) is 9.21 Å². The van der Waals surface area contributed by atoms with Gasteiger partial charge in [-0.1, -0.05) is 6.42 Å². The van der Waals surface area contributed by atoms with Crippen LogP contribution >= 0.6 is 0 Å². The maximum atomic E-state index is 11.8. The molecule has 16 heavy (non-hydrogen) atoms. The molecule has 2 rings (SSSR count). The zero-order valence-electron chi connectivity index (χ0n) is 9.51. The molecule has 0 radical (unpaired) electrons. The van der Waals surface area contributed by atoms with E-state index in [-0.39, 0.29) is 12.4 Å². The van der Waals surface area contributed by atoms with Crippen LogP contribution in [0.25, 0.3) is 0 Å². The number of hydrogen-bond acceptors (Lipinski definition) is 4. The van der Waals surface area contributed by atoms with Crippen molar-refractivity contribution in [2.45, 2.75) is 25.3 Å². The Balaban J connectivity index is 1.99. The average molecular weight is 248 g/mol. The minimum Gasteiger partial charge on any atom is -0.395 e. The lowest BCUT2D eigenvalue weighted by molar-refractivity contribution is 0.0849. The highest BCUT2D eigenvalue weighted by Gasteiger charge is 2.33. The first kappa shape index (κ1) is 12.3. The van der Waals surface area contributed by atoms with E-state index in [1.54, 1.807) is 4.31 Å². The second-order valence-electron chi connectivity index (χ2n) is 4.58. The number of nitrogens with zero attached hydrogens (tertiary/aromatic N) is 2. The van der Waals surface area contributed by atoms with Crippen LogP contribution in [0.15, 0.2) is 0 Å². The number of piperidine rings is 1. The molecule has 1 unspecified atom stereocenters. The van der Waals surface area contributed by atoms with Gasteiger partial charge in [-0.2, -0.15) is 4.31 Å². The Bertz CT molecular complexity index is 331. The average Bonchev–Trinajstić information content (AvgIpc) is 2.28. The summed E-state index contributed by atoms with van der Waals surface area (Å²) in [6.45, 7) is 2.86. The maximum Gasteiger partial charge on any atom is 0.216 e. The van der Waals surface area contributed by atoms with Crippen molar-refractivity contribution in [2.75, 3.05) is 38.5 Å². The molecule has 0 aliphatic carbocycles. The van der Waals surface area contributed by atoms with Crippen LogP contribution in [-0.2, 0) is 10.0 Å². The van der Waals surface area contributed by atoms with Crippen LogP contribution < -0.4 is 0 Å². The van der Waals surface area contributed by atoms with Gasteiger partial charge >= 0.3 is 0 Å². The van der Waals surface area contributed by atoms with Gasteiger partial charge in [0.05, 0.1) is 12.4 Å². The molecule has 0 saturated carbocycles. The summed E-state index contributed by atoms with van der Waals surface area (Å²) >= 11 is 0. The fourth-order valence-corrected chi connectivity index (χ4v) is 3.87. The van der Waals surface area contributed by atoms with E-state index in [1.807, 2.05) is 0 Å². The molecule has 2 heterocycles. The lowest BCUT2D eigenvalue weighted by Gasteiger charge is -2.43. The Labute approximate surface area is 97.1 Å². The van der Waals surface area contributed by atoms with Crippen LogP contribution in [0.2, 0.25) is 0 Å². The molecule has 2 saturated heterocycles. The van der Waals surface area contributed by atoms with Crippen LogP contribution in [-0.4, -0.2) is 67.3 Å². The van der Waals surface area contributed by atoms with Gasteiger partial charge in [0.15, 0.2) is 0 Å². The monoisotopic (exact) mass is 248 g/mol. The van der Waals surface area contributed by atoms with E-state index in [4.69, 9.17) is 5.11 Å². The molecule has 0 aromatic carbocycles. The SMILES string of the molecule is O=S(=O)(CCO)N1CCN2CCCCC2C1. The first-order valence-corrected chi connectivity index (χ1v) is 7.57. The second-order valence-corrected chi connectivity index (χ2v) is 6.67. The maximum absolute atomic E-state index is 11.8. The zero-order chi connectivity index (χ0) is 11.6. The number of fused-ring (bicyclic) bond motifs is 1. The quantitative estimate of drug-likeness (QED) is 0.730. The Morgan fingerprint density at radius 3 is 2.75 bits per heavy atom. The van der Waals surface area contributed by atoms with Crippen LogP contribution in [0.3, 0.4) is 0 Å². The fourth-order valence-electron chi connectivity index (χ4n) is 2.62. The third-order valence-electron chi connectivity index (χ3n) is 3.54. The van der Waals surface area contributed by atoms with Gasteiger partial charge in [-0.3, -0.25) is 4.90 Å². The van der Waals surface area contributed by atoms with Crippen LogP contribution in [0.1, 0.15) is 19.3 Å². The van der Waals surface area contributed by atoms with E-state index in [2.05, 4.69) is 4.90 Å². The van der Waals surface area contributed by atoms with Crippen LogP contribution in [0.5, 0.6) is 0 Å². The summed E-state index contributed by atoms with van der Waals surface area (Å²) in [5, 5.41) is 8.75. The highest BCUT2D eigenvalue weighted by molar-refractivity contribution is 7.89. The van der Waals surface area contributed by atoms with Crippen molar-refractivity contribution in [2.24, 2.45) is 0 Å². The molecule has 0 bridgehead atoms. The minimum absolute atomic E-state index is 0.139. The molecule has 0 amide bonds. The van der Waals surface area contributed by atoms with E-state index in [0.717, 1.165) is 19.5 Å². The van der Waals surface area contributed by atoms with E-state index in [9.17, 15) is 8.42 Å². The molecule has 6 heteroatoms. The molecule has 2 aliphatic heterocycles. The first-order chi connectivity index (χ1) is 7.63. The smallest absolute Gasteiger partial charge is 0.216 e. The summed E-state index contributed by atoms with van der Waals surface area (Å²) in [6, 6.07) is 0.399. The lowest BCUT2D eigenvalue weighted by Crippen LogP contribution is -2.56. The molecule has 2 aliphatic rings. The predicted molar refractivity (Wildman–Crippen MR) is 61.7 cm³/mol. The lowest BCUT2D eigenvalue weighted by atomic mass is 10.0. The van der Waals surface area contributed by atoms with Gasteiger partial charge in [-0.25, -0.2) is 8.42 Å². The number of aliphatic hydroxyl groups excluding tert-OH is 1. The van der Waals surface area contributed by atoms with Crippen molar-refractivity contribution in [3.8, 4) is 0 Å². The summed E-state index contributed by atoms with van der Waals surface area (Å²) < 4.78 is 25.2. The topological polar surface area (TPSA) is 60.9 Å². The number of hydrogen-bond donors (Lipinski definition) is 1. The predicted octanol–water partition coefficient (Wildman–Crippen LogP) is -0.521. The number of aliphatic hydroxyl groups is 1. The van der Waals surface area contributed by atoms with Gasteiger partial charge in [0, 0.05) is 25.7 Å². The third-order valence-corrected chi connectivity index (χ3v) is 5.36. The molecule has 0 aromatic heterocycles. The highest BCUT2D eigenvalue weighted by atomic mass is 32.2. The zero-order valence-corrected chi connectivity index (χ0v) is 10.3. The summed E-state index contributed by atoms with van der Waals surface area (Å²) in [4.78, 5) is 2.40. The van der Waals surface area contributed by atoms with Gasteiger partial charge < -0.3 is 5.11 Å². The molecule has 1 N–H and O–H groups in total. The van der Waals surface area contributed by atoms with Crippen molar-refractivity contribution >= 4 is 10.0 Å². The highest BCUT2D eigenvalue weighted by Crippen LogP contribution is 2.22. The molecule has 0 spiro atoms. The largest absolute Gasteiger partial charge is 0.395 e. The summed E-state index contributed by atoms with van der Waals surface area (Å²) in [5.41, 5.74) is 0. The first-order valence-electron chi connectivity index (χ1n) is 5.96. The summed E-state index contributed by atoms with van der Waals surface area (Å²) in [7, 11) is -3.23. The number of sulfonamides is 1. The molecule has 94 valence electrons. The van der Waals surface area contributed by atoms with Gasteiger partial charge in [0.25, 0.3) is 0 Å². The van der Waals surface area contributed by atoms with E-state index < -0.39 is 10.0 Å². The molecule has 1 atom stereocenters. The number of rotatable bonds is 3. The van der Waals surface area contributed by atoms with E-state index in [0.29, 0.717) is 19.1 Å². The Hall–Kier alpha value is -0.170. The fraction of sp³-hybridized carbons (Fsp3) is 1.00. The summed E-state index contributed by atoms with van der Waals surface area (Å²) in [6.07, 6.45) is 3.54. The molecule has 5 nitrogen and oxygen atoms in total. The van der Waals surface area contributed by atoms with Crippen molar-refractivity contribution in [3.63, 3.8) is 0 Å². The molecule has 0 aromatic rings. The summed E-state index contributed by atoms with van der Waals surface area (Å²) in [5.74, 6) is -0.139. The molecule has 2 fully saturated rings. The van der Waals surface area contributed by atoms with Crippen molar-refractivity contribution in [1.29, 1.82) is 0 Å². The Morgan fingerprint density at radius 2 is 2.00 bits per heavy atom. The standard InChI is InChI=1S/C10H20N2O3S/c13-7-8-16(14,15)12-6-5-11-4-2-1-3-10(11)9-12/h10,13H,1-9H2. The van der Waals surface area contributed by atoms with Crippen molar-refractivity contribution < 1.29 is 13.5 Å². The molecular weight excluding hydrogens is 228 g/mol. The van der Waals surface area contributed by atoms with E-state index >= 15 is 0 Å². The van der Waals surface area contributed by atoms with E-state index in [1.165, 1.54) is 12.8 Å².